The summed E-state index contributed by atoms with van der Waals surface area (Å²) in [5.74, 6) is 0. The van der Waals surface area contributed by atoms with Gasteiger partial charge in [-0.1, -0.05) is 35.9 Å². The van der Waals surface area contributed by atoms with E-state index in [1.807, 2.05) is 18.2 Å². The number of halogens is 1. The summed E-state index contributed by atoms with van der Waals surface area (Å²) in [7, 11) is 0. The van der Waals surface area contributed by atoms with Crippen molar-refractivity contribution in [3.05, 3.63) is 47.0 Å². The van der Waals surface area contributed by atoms with E-state index in [1.165, 1.54) is 10.9 Å². The van der Waals surface area contributed by atoms with Crippen LogP contribution in [0.15, 0.2) is 36.4 Å². The smallest absolute Gasteiger partial charge is 0.0434 e. The largest absolute Gasteiger partial charge is 0.396 e. The predicted octanol–water partition coefficient (Wildman–Crippen LogP) is 3.42. The standard InChI is InChI=1S/C13H13ClO/c14-13-6-5-11-4-3-10(2-1-7-15)8-12(11)9-13/h3-6,8-9,15H,1-2,7H2. The Morgan fingerprint density at radius 1 is 1.00 bits per heavy atom. The van der Waals surface area contributed by atoms with Crippen LogP contribution in [0.25, 0.3) is 10.8 Å². The van der Waals surface area contributed by atoms with Crippen LogP contribution in [0.5, 0.6) is 0 Å². The molecule has 2 rings (SSSR count). The van der Waals surface area contributed by atoms with Crippen molar-refractivity contribution in [3.8, 4) is 0 Å². The molecule has 0 unspecified atom stereocenters. The van der Waals surface area contributed by atoms with Gasteiger partial charge in [-0.3, -0.25) is 0 Å². The Balaban J connectivity index is 2.36. The van der Waals surface area contributed by atoms with E-state index in [0.29, 0.717) is 0 Å². The predicted molar refractivity (Wildman–Crippen MR) is 64.4 cm³/mol. The van der Waals surface area contributed by atoms with Crippen LogP contribution in [0.2, 0.25) is 5.02 Å². The van der Waals surface area contributed by atoms with Crippen molar-refractivity contribution in [2.45, 2.75) is 12.8 Å². The Labute approximate surface area is 94.3 Å². The van der Waals surface area contributed by atoms with Gasteiger partial charge in [-0.25, -0.2) is 0 Å². The molecule has 0 aliphatic heterocycles. The topological polar surface area (TPSA) is 20.2 Å². The molecular weight excluding hydrogens is 208 g/mol. The summed E-state index contributed by atoms with van der Waals surface area (Å²) >= 11 is 5.94. The maximum atomic E-state index is 8.76. The average molecular weight is 221 g/mol. The van der Waals surface area contributed by atoms with Gasteiger partial charge in [0.25, 0.3) is 0 Å². The number of aliphatic hydroxyl groups is 1. The Bertz CT molecular complexity index is 465. The van der Waals surface area contributed by atoms with Crippen LogP contribution >= 0.6 is 11.6 Å². The second-order valence-corrected chi connectivity index (χ2v) is 4.09. The molecule has 0 atom stereocenters. The van der Waals surface area contributed by atoms with Crippen molar-refractivity contribution in [1.29, 1.82) is 0 Å². The van der Waals surface area contributed by atoms with Gasteiger partial charge in [0.15, 0.2) is 0 Å². The first-order chi connectivity index (χ1) is 7.29. The van der Waals surface area contributed by atoms with Gasteiger partial charge < -0.3 is 5.11 Å². The molecule has 0 fully saturated rings. The number of hydrogen-bond donors (Lipinski definition) is 1. The number of benzene rings is 2. The maximum absolute atomic E-state index is 8.76. The quantitative estimate of drug-likeness (QED) is 0.841. The molecule has 1 N–H and O–H groups in total. The fourth-order valence-corrected chi connectivity index (χ4v) is 1.89. The van der Waals surface area contributed by atoms with Gasteiger partial charge in [0.05, 0.1) is 0 Å². The summed E-state index contributed by atoms with van der Waals surface area (Å²) in [4.78, 5) is 0. The summed E-state index contributed by atoms with van der Waals surface area (Å²) in [6, 6.07) is 12.2. The van der Waals surface area contributed by atoms with Gasteiger partial charge in [0, 0.05) is 11.6 Å². The highest BCUT2D eigenvalue weighted by atomic mass is 35.5. The van der Waals surface area contributed by atoms with Crippen LogP contribution in [0.4, 0.5) is 0 Å². The molecule has 0 spiro atoms. The highest BCUT2D eigenvalue weighted by Crippen LogP contribution is 2.21. The zero-order chi connectivity index (χ0) is 10.7. The molecule has 0 aromatic heterocycles. The van der Waals surface area contributed by atoms with Gasteiger partial charge in [0.1, 0.15) is 0 Å². The van der Waals surface area contributed by atoms with Crippen LogP contribution < -0.4 is 0 Å². The molecule has 2 heteroatoms. The lowest BCUT2D eigenvalue weighted by molar-refractivity contribution is 0.288. The molecule has 0 radical (unpaired) electrons. The van der Waals surface area contributed by atoms with Gasteiger partial charge in [-0.2, -0.15) is 0 Å². The Hall–Kier alpha value is -1.05. The van der Waals surface area contributed by atoms with Crippen molar-refractivity contribution in [3.63, 3.8) is 0 Å². The van der Waals surface area contributed by atoms with Crippen molar-refractivity contribution in [2.75, 3.05) is 6.61 Å². The molecule has 78 valence electrons. The van der Waals surface area contributed by atoms with Crippen LogP contribution in [-0.2, 0) is 6.42 Å². The average Bonchev–Trinajstić information content (AvgIpc) is 2.25. The molecule has 0 heterocycles. The number of aliphatic hydroxyl groups excluding tert-OH is 1. The van der Waals surface area contributed by atoms with E-state index in [2.05, 4.69) is 18.2 Å². The highest BCUT2D eigenvalue weighted by Gasteiger charge is 1.97. The van der Waals surface area contributed by atoms with E-state index < -0.39 is 0 Å². The molecule has 2 aromatic carbocycles. The first-order valence-corrected chi connectivity index (χ1v) is 5.46. The molecule has 0 saturated carbocycles. The van der Waals surface area contributed by atoms with E-state index in [4.69, 9.17) is 16.7 Å². The zero-order valence-electron chi connectivity index (χ0n) is 8.41. The summed E-state index contributed by atoms with van der Waals surface area (Å²) in [6.45, 7) is 0.244. The van der Waals surface area contributed by atoms with Crippen molar-refractivity contribution in [1.82, 2.24) is 0 Å². The zero-order valence-corrected chi connectivity index (χ0v) is 9.17. The highest BCUT2D eigenvalue weighted by molar-refractivity contribution is 6.31. The first-order valence-electron chi connectivity index (χ1n) is 5.08. The summed E-state index contributed by atoms with van der Waals surface area (Å²) in [5, 5.41) is 11.9. The molecule has 0 aliphatic rings. The molecule has 0 bridgehead atoms. The molecule has 0 amide bonds. The summed E-state index contributed by atoms with van der Waals surface area (Å²) in [6.07, 6.45) is 1.73. The molecule has 0 saturated heterocycles. The monoisotopic (exact) mass is 220 g/mol. The lowest BCUT2D eigenvalue weighted by Gasteiger charge is -2.03. The fraction of sp³-hybridized carbons (Fsp3) is 0.231. The van der Waals surface area contributed by atoms with Crippen molar-refractivity contribution >= 4 is 22.4 Å². The first kappa shape index (κ1) is 10.5. The Kier molecular flexibility index (Phi) is 3.24. The molecule has 1 nitrogen and oxygen atoms in total. The molecule has 15 heavy (non-hydrogen) atoms. The molecule has 0 aliphatic carbocycles. The van der Waals surface area contributed by atoms with Crippen molar-refractivity contribution in [2.24, 2.45) is 0 Å². The normalized spacial score (nSPS) is 10.8. The van der Waals surface area contributed by atoms with E-state index in [1.54, 1.807) is 0 Å². The van der Waals surface area contributed by atoms with Crippen molar-refractivity contribution < 1.29 is 5.11 Å². The Morgan fingerprint density at radius 2 is 1.80 bits per heavy atom. The second kappa shape index (κ2) is 4.65. The summed E-state index contributed by atoms with van der Waals surface area (Å²) in [5.41, 5.74) is 1.25. The number of fused-ring (bicyclic) bond motifs is 1. The van der Waals surface area contributed by atoms with E-state index in [9.17, 15) is 0 Å². The fourth-order valence-electron chi connectivity index (χ4n) is 1.71. The van der Waals surface area contributed by atoms with Crippen LogP contribution in [0, 0.1) is 0 Å². The minimum atomic E-state index is 0.244. The summed E-state index contributed by atoms with van der Waals surface area (Å²) < 4.78 is 0. The van der Waals surface area contributed by atoms with E-state index >= 15 is 0 Å². The third kappa shape index (κ3) is 2.49. The third-order valence-electron chi connectivity index (χ3n) is 2.49. The van der Waals surface area contributed by atoms with Crippen LogP contribution in [0.3, 0.4) is 0 Å². The van der Waals surface area contributed by atoms with E-state index in [-0.39, 0.29) is 6.61 Å². The SMILES string of the molecule is OCCCc1ccc2ccc(Cl)cc2c1. The lowest BCUT2D eigenvalue weighted by atomic mass is 10.0. The van der Waals surface area contributed by atoms with Gasteiger partial charge in [-0.15, -0.1) is 0 Å². The van der Waals surface area contributed by atoms with Gasteiger partial charge in [-0.05, 0) is 41.3 Å². The second-order valence-electron chi connectivity index (χ2n) is 3.65. The van der Waals surface area contributed by atoms with Crippen LogP contribution in [-0.4, -0.2) is 11.7 Å². The van der Waals surface area contributed by atoms with E-state index in [0.717, 1.165) is 23.3 Å². The maximum Gasteiger partial charge on any atom is 0.0434 e. The van der Waals surface area contributed by atoms with Gasteiger partial charge >= 0.3 is 0 Å². The number of rotatable bonds is 3. The third-order valence-corrected chi connectivity index (χ3v) is 2.73. The minimum Gasteiger partial charge on any atom is -0.396 e. The Morgan fingerprint density at radius 3 is 2.60 bits per heavy atom. The molecular formula is C13H13ClO. The number of hydrogen-bond acceptors (Lipinski definition) is 1. The molecule has 2 aromatic rings. The van der Waals surface area contributed by atoms with Crippen LogP contribution in [0.1, 0.15) is 12.0 Å². The minimum absolute atomic E-state index is 0.244. The van der Waals surface area contributed by atoms with Gasteiger partial charge in [0.2, 0.25) is 0 Å². The lowest BCUT2D eigenvalue weighted by Crippen LogP contribution is -1.89. The number of aryl methyl sites for hydroxylation is 1.